The van der Waals surface area contributed by atoms with Gasteiger partial charge in [0.1, 0.15) is 5.82 Å². The third-order valence-corrected chi connectivity index (χ3v) is 2.95. The maximum Gasteiger partial charge on any atom is 0.308 e. The molecular weight excluding hydrogens is 214 g/mol. The standard InChI is InChI=1S/C9H15N3O2S/c1-4-12(5-6(2)8(13)14)9-10-7(3)11-15-9/h6H,4-5H2,1-3H3,(H,13,14). The lowest BCUT2D eigenvalue weighted by atomic mass is 10.2. The van der Waals surface area contributed by atoms with Crippen LogP contribution in [-0.2, 0) is 4.79 Å². The van der Waals surface area contributed by atoms with Crippen LogP contribution in [0.1, 0.15) is 19.7 Å². The van der Waals surface area contributed by atoms with Crippen molar-refractivity contribution in [3.05, 3.63) is 5.82 Å². The van der Waals surface area contributed by atoms with E-state index in [0.29, 0.717) is 6.54 Å². The van der Waals surface area contributed by atoms with Crippen LogP contribution in [0.2, 0.25) is 0 Å². The number of carboxylic acids is 1. The number of aryl methyl sites for hydroxylation is 1. The Morgan fingerprint density at radius 2 is 2.33 bits per heavy atom. The Bertz CT molecular complexity index is 340. The van der Waals surface area contributed by atoms with Gasteiger partial charge in [-0.1, -0.05) is 6.92 Å². The number of nitrogens with zero attached hydrogens (tertiary/aromatic N) is 3. The molecule has 0 aromatic carbocycles. The Kier molecular flexibility index (Phi) is 4.02. The van der Waals surface area contributed by atoms with E-state index in [2.05, 4.69) is 9.36 Å². The van der Waals surface area contributed by atoms with Crippen LogP contribution in [0.15, 0.2) is 0 Å². The zero-order valence-corrected chi connectivity index (χ0v) is 9.91. The summed E-state index contributed by atoms with van der Waals surface area (Å²) in [4.78, 5) is 16.9. The zero-order valence-electron chi connectivity index (χ0n) is 9.10. The van der Waals surface area contributed by atoms with Crippen molar-refractivity contribution in [2.75, 3.05) is 18.0 Å². The van der Waals surface area contributed by atoms with Crippen LogP contribution in [0.3, 0.4) is 0 Å². The van der Waals surface area contributed by atoms with E-state index in [1.807, 2.05) is 18.7 Å². The first-order chi connectivity index (χ1) is 7.04. The fourth-order valence-electron chi connectivity index (χ4n) is 1.17. The minimum atomic E-state index is -0.783. The Hall–Kier alpha value is -1.17. The fourth-order valence-corrected chi connectivity index (χ4v) is 1.91. The van der Waals surface area contributed by atoms with Gasteiger partial charge < -0.3 is 10.0 Å². The molecule has 1 aromatic heterocycles. The average Bonchev–Trinajstić information content (AvgIpc) is 2.60. The molecule has 0 radical (unpaired) electrons. The molecule has 6 heteroatoms. The van der Waals surface area contributed by atoms with Gasteiger partial charge in [-0.05, 0) is 13.8 Å². The second-order valence-electron chi connectivity index (χ2n) is 3.40. The number of rotatable bonds is 5. The molecule has 0 aliphatic rings. The average molecular weight is 229 g/mol. The lowest BCUT2D eigenvalue weighted by molar-refractivity contribution is -0.140. The Morgan fingerprint density at radius 3 is 2.73 bits per heavy atom. The summed E-state index contributed by atoms with van der Waals surface area (Å²) in [5, 5.41) is 9.61. The summed E-state index contributed by atoms with van der Waals surface area (Å²) >= 11 is 1.31. The number of aliphatic carboxylic acids is 1. The molecule has 84 valence electrons. The second kappa shape index (κ2) is 5.06. The predicted molar refractivity (Wildman–Crippen MR) is 59.3 cm³/mol. The first-order valence-electron chi connectivity index (χ1n) is 4.82. The smallest absolute Gasteiger partial charge is 0.308 e. The molecule has 1 aromatic rings. The zero-order chi connectivity index (χ0) is 11.4. The first-order valence-corrected chi connectivity index (χ1v) is 5.60. The van der Waals surface area contributed by atoms with E-state index in [4.69, 9.17) is 5.11 Å². The van der Waals surface area contributed by atoms with Crippen molar-refractivity contribution in [1.82, 2.24) is 9.36 Å². The number of anilines is 1. The van der Waals surface area contributed by atoms with E-state index in [1.165, 1.54) is 11.5 Å². The predicted octanol–water partition coefficient (Wildman–Crippen LogP) is 1.39. The summed E-state index contributed by atoms with van der Waals surface area (Å²) in [7, 11) is 0. The summed E-state index contributed by atoms with van der Waals surface area (Å²) in [6.45, 7) is 6.71. The maximum atomic E-state index is 10.7. The third kappa shape index (κ3) is 3.16. The summed E-state index contributed by atoms with van der Waals surface area (Å²) in [6, 6.07) is 0. The lowest BCUT2D eigenvalue weighted by Gasteiger charge is -2.21. The van der Waals surface area contributed by atoms with Crippen LogP contribution in [0.25, 0.3) is 0 Å². The second-order valence-corrected chi connectivity index (χ2v) is 4.13. The first kappa shape index (κ1) is 11.9. The highest BCUT2D eigenvalue weighted by atomic mass is 32.1. The molecule has 5 nitrogen and oxygen atoms in total. The molecule has 0 aliphatic carbocycles. The molecule has 0 amide bonds. The van der Waals surface area contributed by atoms with Gasteiger partial charge in [0.05, 0.1) is 5.92 Å². The number of aromatic nitrogens is 2. The van der Waals surface area contributed by atoms with Gasteiger partial charge in [-0.2, -0.15) is 4.37 Å². The van der Waals surface area contributed by atoms with Crippen LogP contribution in [-0.4, -0.2) is 33.5 Å². The summed E-state index contributed by atoms with van der Waals surface area (Å²) < 4.78 is 4.08. The van der Waals surface area contributed by atoms with Crippen molar-refractivity contribution in [1.29, 1.82) is 0 Å². The molecule has 0 saturated carbocycles. The molecule has 0 fully saturated rings. The van der Waals surface area contributed by atoms with Crippen LogP contribution in [0.4, 0.5) is 5.13 Å². The highest BCUT2D eigenvalue weighted by Gasteiger charge is 2.17. The van der Waals surface area contributed by atoms with Crippen molar-refractivity contribution in [3.63, 3.8) is 0 Å². The maximum absolute atomic E-state index is 10.7. The van der Waals surface area contributed by atoms with Crippen molar-refractivity contribution < 1.29 is 9.90 Å². The summed E-state index contributed by atoms with van der Waals surface area (Å²) in [6.07, 6.45) is 0. The van der Waals surface area contributed by atoms with Gasteiger partial charge in [0.15, 0.2) is 0 Å². The molecule has 1 rings (SSSR count). The number of carboxylic acid groups (broad SMARTS) is 1. The van der Waals surface area contributed by atoms with Crippen molar-refractivity contribution in [3.8, 4) is 0 Å². The number of carbonyl (C=O) groups is 1. The van der Waals surface area contributed by atoms with Gasteiger partial charge in [-0.3, -0.25) is 4.79 Å². The molecular formula is C9H15N3O2S. The Morgan fingerprint density at radius 1 is 1.67 bits per heavy atom. The Labute approximate surface area is 92.9 Å². The number of hydrogen-bond acceptors (Lipinski definition) is 5. The molecule has 1 heterocycles. The van der Waals surface area contributed by atoms with E-state index >= 15 is 0 Å². The highest BCUT2D eigenvalue weighted by Crippen LogP contribution is 2.17. The third-order valence-electron chi connectivity index (χ3n) is 2.08. The van der Waals surface area contributed by atoms with Crippen LogP contribution >= 0.6 is 11.5 Å². The molecule has 0 spiro atoms. The van der Waals surface area contributed by atoms with Gasteiger partial charge >= 0.3 is 5.97 Å². The van der Waals surface area contributed by atoms with Crippen molar-refractivity contribution in [2.45, 2.75) is 20.8 Å². The number of hydrogen-bond donors (Lipinski definition) is 1. The normalized spacial score (nSPS) is 12.5. The largest absolute Gasteiger partial charge is 0.481 e. The molecule has 1 atom stereocenters. The van der Waals surface area contributed by atoms with Gasteiger partial charge in [-0.25, -0.2) is 4.98 Å². The highest BCUT2D eigenvalue weighted by molar-refractivity contribution is 7.09. The van der Waals surface area contributed by atoms with Crippen molar-refractivity contribution in [2.24, 2.45) is 5.92 Å². The van der Waals surface area contributed by atoms with Crippen LogP contribution in [0.5, 0.6) is 0 Å². The molecule has 0 bridgehead atoms. The van der Waals surface area contributed by atoms with E-state index in [9.17, 15) is 4.79 Å². The summed E-state index contributed by atoms with van der Waals surface area (Å²) in [5.41, 5.74) is 0. The van der Waals surface area contributed by atoms with Gasteiger partial charge in [0.2, 0.25) is 5.13 Å². The topological polar surface area (TPSA) is 66.3 Å². The minimum Gasteiger partial charge on any atom is -0.481 e. The van der Waals surface area contributed by atoms with Crippen LogP contribution in [0, 0.1) is 12.8 Å². The van der Waals surface area contributed by atoms with E-state index in [1.54, 1.807) is 6.92 Å². The van der Waals surface area contributed by atoms with E-state index in [-0.39, 0.29) is 0 Å². The molecule has 1 N–H and O–H groups in total. The van der Waals surface area contributed by atoms with Gasteiger partial charge in [-0.15, -0.1) is 0 Å². The SMILES string of the molecule is CCN(CC(C)C(=O)O)c1nc(C)ns1. The van der Waals surface area contributed by atoms with Gasteiger partial charge in [0, 0.05) is 24.6 Å². The molecule has 0 saturated heterocycles. The molecule has 1 unspecified atom stereocenters. The van der Waals surface area contributed by atoms with E-state index < -0.39 is 11.9 Å². The fraction of sp³-hybridized carbons (Fsp3) is 0.667. The van der Waals surface area contributed by atoms with Gasteiger partial charge in [0.25, 0.3) is 0 Å². The van der Waals surface area contributed by atoms with Crippen molar-refractivity contribution >= 4 is 22.6 Å². The molecule has 15 heavy (non-hydrogen) atoms. The Balaban J connectivity index is 2.68. The summed E-state index contributed by atoms with van der Waals surface area (Å²) in [5.74, 6) is -0.444. The molecule has 0 aliphatic heterocycles. The lowest BCUT2D eigenvalue weighted by Crippen LogP contribution is -2.31. The van der Waals surface area contributed by atoms with Crippen LogP contribution < -0.4 is 4.90 Å². The quantitative estimate of drug-likeness (QED) is 0.826. The van der Waals surface area contributed by atoms with E-state index in [0.717, 1.165) is 17.5 Å². The minimum absolute atomic E-state index is 0.394. The monoisotopic (exact) mass is 229 g/mol.